The molecule has 0 aliphatic carbocycles. The van der Waals surface area contributed by atoms with Gasteiger partial charge in [-0.25, -0.2) is 4.98 Å². The maximum Gasteiger partial charge on any atom is 0.323 e. The third kappa shape index (κ3) is 3.08. The maximum absolute atomic E-state index is 12.2. The molecular formula is C12H11N3O3S. The zero-order valence-corrected chi connectivity index (χ0v) is 10.6. The van der Waals surface area contributed by atoms with Gasteiger partial charge in [0.2, 0.25) is 0 Å². The number of carbonyl (C=O) groups is 2. The number of nitrogens with two attached hydrogens (primary N) is 1. The number of rotatable bonds is 4. The molecule has 98 valence electrons. The van der Waals surface area contributed by atoms with E-state index in [2.05, 4.69) is 4.98 Å². The number of hydrogen-bond donors (Lipinski definition) is 2. The minimum absolute atomic E-state index is 0.146. The fourth-order valence-electron chi connectivity index (χ4n) is 1.55. The van der Waals surface area contributed by atoms with Gasteiger partial charge in [-0.15, -0.1) is 11.3 Å². The Morgan fingerprint density at radius 2 is 2.00 bits per heavy atom. The largest absolute Gasteiger partial charge is 0.480 e. The van der Waals surface area contributed by atoms with Crippen LogP contribution in [0.25, 0.3) is 0 Å². The Morgan fingerprint density at radius 3 is 2.53 bits per heavy atom. The van der Waals surface area contributed by atoms with Crippen LogP contribution in [0.3, 0.4) is 0 Å². The molecule has 1 amide bonds. The third-order valence-electron chi connectivity index (χ3n) is 2.35. The Labute approximate surface area is 113 Å². The van der Waals surface area contributed by atoms with Crippen molar-refractivity contribution in [2.45, 2.75) is 0 Å². The van der Waals surface area contributed by atoms with Gasteiger partial charge in [0.25, 0.3) is 5.91 Å². The van der Waals surface area contributed by atoms with E-state index < -0.39 is 18.4 Å². The Hall–Kier alpha value is -2.41. The molecule has 0 radical (unpaired) electrons. The lowest BCUT2D eigenvalue weighted by molar-refractivity contribution is -0.135. The van der Waals surface area contributed by atoms with Crippen LogP contribution in [0.15, 0.2) is 35.7 Å². The first-order valence-electron chi connectivity index (χ1n) is 5.37. The van der Waals surface area contributed by atoms with Crippen LogP contribution in [0, 0.1) is 0 Å². The van der Waals surface area contributed by atoms with Gasteiger partial charge in [0.1, 0.15) is 12.2 Å². The lowest BCUT2D eigenvalue weighted by atomic mass is 10.2. The maximum atomic E-state index is 12.2. The van der Waals surface area contributed by atoms with Crippen LogP contribution >= 0.6 is 11.3 Å². The molecule has 2 rings (SSSR count). The molecule has 0 bridgehead atoms. The normalized spacial score (nSPS) is 10.1. The Balaban J connectivity index is 2.33. The van der Waals surface area contributed by atoms with E-state index in [1.54, 1.807) is 30.3 Å². The van der Waals surface area contributed by atoms with E-state index >= 15 is 0 Å². The fourth-order valence-corrected chi connectivity index (χ4v) is 2.08. The first kappa shape index (κ1) is 13.0. The number of aliphatic carboxylic acids is 1. The smallest absolute Gasteiger partial charge is 0.323 e. The van der Waals surface area contributed by atoms with Gasteiger partial charge >= 0.3 is 5.97 Å². The van der Waals surface area contributed by atoms with Crippen molar-refractivity contribution in [3.63, 3.8) is 0 Å². The molecule has 0 saturated heterocycles. The average Bonchev–Trinajstić information content (AvgIpc) is 2.83. The topological polar surface area (TPSA) is 96.5 Å². The van der Waals surface area contributed by atoms with E-state index in [4.69, 9.17) is 10.8 Å². The van der Waals surface area contributed by atoms with Gasteiger partial charge in [-0.1, -0.05) is 18.2 Å². The Bertz CT molecular complexity index is 597. The number of anilines is 2. The molecule has 3 N–H and O–H groups in total. The second kappa shape index (κ2) is 5.49. The van der Waals surface area contributed by atoms with Gasteiger partial charge in [-0.05, 0) is 12.1 Å². The van der Waals surface area contributed by atoms with Crippen molar-refractivity contribution >= 4 is 34.0 Å². The average molecular weight is 277 g/mol. The summed E-state index contributed by atoms with van der Waals surface area (Å²) in [5.41, 5.74) is 6.12. The van der Waals surface area contributed by atoms with Crippen LogP contribution in [-0.4, -0.2) is 28.5 Å². The molecule has 0 fully saturated rings. The molecule has 0 aliphatic rings. The van der Waals surface area contributed by atoms with Crippen molar-refractivity contribution in [1.29, 1.82) is 0 Å². The van der Waals surface area contributed by atoms with Crippen LogP contribution in [0.5, 0.6) is 0 Å². The van der Waals surface area contributed by atoms with Crippen molar-refractivity contribution < 1.29 is 14.7 Å². The third-order valence-corrected chi connectivity index (χ3v) is 3.02. The predicted octanol–water partition coefficient (Wildman–Crippen LogP) is 1.46. The molecule has 0 unspecified atom stereocenters. The number of para-hydroxylation sites is 1. The summed E-state index contributed by atoms with van der Waals surface area (Å²) in [6.07, 6.45) is 0. The number of thiazole rings is 1. The summed E-state index contributed by atoms with van der Waals surface area (Å²) in [6, 6.07) is 8.57. The van der Waals surface area contributed by atoms with E-state index in [1.807, 2.05) is 0 Å². The van der Waals surface area contributed by atoms with Crippen molar-refractivity contribution in [3.05, 3.63) is 41.4 Å². The minimum Gasteiger partial charge on any atom is -0.480 e. The standard InChI is InChI=1S/C12H11N3O3S/c13-12-14-9(7-19-12)11(18)15(6-10(16)17)8-4-2-1-3-5-8/h1-5,7H,6H2,(H2,13,14)(H,16,17). The van der Waals surface area contributed by atoms with Gasteiger partial charge in [-0.2, -0.15) is 0 Å². The van der Waals surface area contributed by atoms with Crippen LogP contribution < -0.4 is 10.6 Å². The number of carboxylic acids is 1. The second-order valence-electron chi connectivity index (χ2n) is 3.69. The summed E-state index contributed by atoms with van der Waals surface area (Å²) >= 11 is 1.14. The Morgan fingerprint density at radius 1 is 1.32 bits per heavy atom. The monoisotopic (exact) mass is 277 g/mol. The lowest BCUT2D eigenvalue weighted by Crippen LogP contribution is -2.35. The van der Waals surface area contributed by atoms with Crippen LogP contribution in [0.2, 0.25) is 0 Å². The van der Waals surface area contributed by atoms with E-state index in [1.165, 1.54) is 5.38 Å². The van der Waals surface area contributed by atoms with E-state index in [0.29, 0.717) is 5.69 Å². The highest BCUT2D eigenvalue weighted by Gasteiger charge is 2.22. The van der Waals surface area contributed by atoms with E-state index in [-0.39, 0.29) is 10.8 Å². The molecule has 1 aromatic heterocycles. The van der Waals surface area contributed by atoms with E-state index in [9.17, 15) is 9.59 Å². The van der Waals surface area contributed by atoms with Gasteiger partial charge in [0, 0.05) is 11.1 Å². The van der Waals surface area contributed by atoms with Gasteiger partial charge in [0.15, 0.2) is 5.13 Å². The number of aromatic nitrogens is 1. The zero-order valence-electron chi connectivity index (χ0n) is 9.81. The van der Waals surface area contributed by atoms with Crippen molar-refractivity contribution in [2.75, 3.05) is 17.2 Å². The molecule has 0 aliphatic heterocycles. The zero-order chi connectivity index (χ0) is 13.8. The highest BCUT2D eigenvalue weighted by Crippen LogP contribution is 2.18. The summed E-state index contributed by atoms with van der Waals surface area (Å²) in [5, 5.41) is 10.7. The molecule has 6 nitrogen and oxygen atoms in total. The van der Waals surface area contributed by atoms with Crippen LogP contribution in [0.4, 0.5) is 10.8 Å². The number of benzene rings is 1. The second-order valence-corrected chi connectivity index (χ2v) is 4.58. The number of nitrogens with zero attached hydrogens (tertiary/aromatic N) is 2. The number of carboxylic acid groups (broad SMARTS) is 1. The summed E-state index contributed by atoms with van der Waals surface area (Å²) < 4.78 is 0. The molecule has 0 atom stereocenters. The number of nitrogen functional groups attached to an aromatic ring is 1. The highest BCUT2D eigenvalue weighted by atomic mass is 32.1. The molecule has 19 heavy (non-hydrogen) atoms. The Kier molecular flexibility index (Phi) is 3.76. The summed E-state index contributed by atoms with van der Waals surface area (Å²) in [5.74, 6) is -1.58. The number of amides is 1. The predicted molar refractivity (Wildman–Crippen MR) is 72.3 cm³/mol. The molecular weight excluding hydrogens is 266 g/mol. The first-order valence-corrected chi connectivity index (χ1v) is 6.25. The van der Waals surface area contributed by atoms with Gasteiger partial charge in [0.05, 0.1) is 0 Å². The number of carbonyl (C=O) groups excluding carboxylic acids is 1. The van der Waals surface area contributed by atoms with Crippen LogP contribution in [0.1, 0.15) is 10.5 Å². The summed E-state index contributed by atoms with van der Waals surface area (Å²) in [6.45, 7) is -0.430. The van der Waals surface area contributed by atoms with Gasteiger partial charge in [-0.3, -0.25) is 14.5 Å². The highest BCUT2D eigenvalue weighted by molar-refractivity contribution is 7.13. The van der Waals surface area contributed by atoms with Crippen LogP contribution in [-0.2, 0) is 4.79 Å². The van der Waals surface area contributed by atoms with Crippen molar-refractivity contribution in [1.82, 2.24) is 4.98 Å². The molecule has 2 aromatic rings. The van der Waals surface area contributed by atoms with Gasteiger partial charge < -0.3 is 10.8 Å². The molecule has 7 heteroatoms. The first-order chi connectivity index (χ1) is 9.08. The molecule has 0 spiro atoms. The molecule has 1 heterocycles. The van der Waals surface area contributed by atoms with Crippen molar-refractivity contribution in [3.8, 4) is 0 Å². The quantitative estimate of drug-likeness (QED) is 0.881. The molecule has 0 saturated carbocycles. The summed E-state index contributed by atoms with van der Waals surface area (Å²) in [4.78, 5) is 28.2. The SMILES string of the molecule is Nc1nc(C(=O)N(CC(=O)O)c2ccccc2)cs1. The summed E-state index contributed by atoms with van der Waals surface area (Å²) in [7, 11) is 0. The molecule has 1 aromatic carbocycles. The van der Waals surface area contributed by atoms with E-state index in [0.717, 1.165) is 16.2 Å². The lowest BCUT2D eigenvalue weighted by Gasteiger charge is -2.19. The number of hydrogen-bond acceptors (Lipinski definition) is 5. The van der Waals surface area contributed by atoms with Crippen molar-refractivity contribution in [2.24, 2.45) is 0 Å². The minimum atomic E-state index is -1.10. The fraction of sp³-hybridized carbons (Fsp3) is 0.0833.